The van der Waals surface area contributed by atoms with E-state index in [0.717, 1.165) is 4.60 Å². The number of aromatic nitrogens is 3. The summed E-state index contributed by atoms with van der Waals surface area (Å²) in [6.07, 6.45) is 4.76. The van der Waals surface area contributed by atoms with Gasteiger partial charge in [-0.05, 0) is 40.2 Å². The average Bonchev–Trinajstić information content (AvgIpc) is 2.87. The Balaban J connectivity index is 1.95. The van der Waals surface area contributed by atoms with Crippen molar-refractivity contribution >= 4 is 33.2 Å². The van der Waals surface area contributed by atoms with E-state index in [1.807, 2.05) is 0 Å². The maximum atomic E-state index is 12.9. The second-order valence-corrected chi connectivity index (χ2v) is 5.23. The molecule has 0 aliphatic rings. The molecule has 0 saturated heterocycles. The Bertz CT molecular complexity index is 815. The summed E-state index contributed by atoms with van der Waals surface area (Å²) < 4.78 is 15.4. The van der Waals surface area contributed by atoms with Crippen LogP contribution in [0.15, 0.2) is 47.5 Å². The first-order chi connectivity index (χ1) is 10.1. The van der Waals surface area contributed by atoms with Gasteiger partial charge in [0.15, 0.2) is 5.65 Å². The zero-order valence-electron chi connectivity index (χ0n) is 11.0. The summed E-state index contributed by atoms with van der Waals surface area (Å²) in [6, 6.07) is 5.70. The topological polar surface area (TPSA) is 50.5 Å². The van der Waals surface area contributed by atoms with Gasteiger partial charge in [-0.15, -0.1) is 0 Å². The van der Waals surface area contributed by atoms with Crippen LogP contribution in [0.25, 0.3) is 5.65 Å². The quantitative estimate of drug-likeness (QED) is 0.715. The lowest BCUT2D eigenvalue weighted by atomic mass is 10.2. The molecule has 0 unspecified atom stereocenters. The van der Waals surface area contributed by atoms with Gasteiger partial charge in [-0.3, -0.25) is 9.20 Å². The lowest BCUT2D eigenvalue weighted by Gasteiger charge is -2.16. The van der Waals surface area contributed by atoms with E-state index in [0.29, 0.717) is 11.3 Å². The Morgan fingerprint density at radius 3 is 2.67 bits per heavy atom. The fraction of sp³-hybridized carbons (Fsp3) is 0.0714. The van der Waals surface area contributed by atoms with Gasteiger partial charge >= 0.3 is 0 Å². The van der Waals surface area contributed by atoms with Crippen molar-refractivity contribution in [3.63, 3.8) is 0 Å². The number of halogens is 2. The second-order valence-electron chi connectivity index (χ2n) is 4.42. The molecule has 0 bridgehead atoms. The molecule has 1 aromatic carbocycles. The molecule has 0 aliphatic heterocycles. The lowest BCUT2D eigenvalue weighted by molar-refractivity contribution is 0.0988. The Hall–Kier alpha value is -2.28. The van der Waals surface area contributed by atoms with Crippen LogP contribution in [0.4, 0.5) is 10.1 Å². The summed E-state index contributed by atoms with van der Waals surface area (Å²) in [7, 11) is 1.62. The monoisotopic (exact) mass is 348 g/mol. The standard InChI is InChI=1S/C14H10BrFN4O/c1-19(10-4-2-9(16)3-5-10)14(21)11-8-20-12(15)6-18-13(20)7-17-11/h2-8H,1H3. The van der Waals surface area contributed by atoms with Gasteiger partial charge in [0.25, 0.3) is 5.91 Å². The molecule has 7 heteroatoms. The highest BCUT2D eigenvalue weighted by Crippen LogP contribution is 2.17. The molecule has 21 heavy (non-hydrogen) atoms. The summed E-state index contributed by atoms with van der Waals surface area (Å²) in [5.41, 5.74) is 1.50. The van der Waals surface area contributed by atoms with Crippen LogP contribution in [0.1, 0.15) is 10.5 Å². The number of carbonyl (C=O) groups excluding carboxylic acids is 1. The first kappa shape index (κ1) is 13.7. The van der Waals surface area contributed by atoms with Crippen molar-refractivity contribution in [3.05, 3.63) is 59.0 Å². The lowest BCUT2D eigenvalue weighted by Crippen LogP contribution is -2.27. The minimum atomic E-state index is -0.346. The number of hydrogen-bond acceptors (Lipinski definition) is 3. The van der Waals surface area contributed by atoms with Gasteiger partial charge in [-0.2, -0.15) is 0 Å². The van der Waals surface area contributed by atoms with Crippen molar-refractivity contribution in [1.82, 2.24) is 14.4 Å². The van der Waals surface area contributed by atoms with E-state index in [4.69, 9.17) is 0 Å². The average molecular weight is 349 g/mol. The van der Waals surface area contributed by atoms with Crippen LogP contribution in [0, 0.1) is 5.82 Å². The zero-order chi connectivity index (χ0) is 15.0. The molecular formula is C14H10BrFN4O. The smallest absolute Gasteiger partial charge is 0.278 e. The van der Waals surface area contributed by atoms with Crippen LogP contribution in [-0.4, -0.2) is 27.3 Å². The van der Waals surface area contributed by atoms with Crippen molar-refractivity contribution < 1.29 is 9.18 Å². The summed E-state index contributed by atoms with van der Waals surface area (Å²) in [6.45, 7) is 0. The Labute approximate surface area is 128 Å². The summed E-state index contributed by atoms with van der Waals surface area (Å²) >= 11 is 3.35. The highest BCUT2D eigenvalue weighted by atomic mass is 79.9. The van der Waals surface area contributed by atoms with Crippen molar-refractivity contribution in [1.29, 1.82) is 0 Å². The van der Waals surface area contributed by atoms with E-state index in [-0.39, 0.29) is 17.4 Å². The number of anilines is 1. The highest BCUT2D eigenvalue weighted by Gasteiger charge is 2.16. The van der Waals surface area contributed by atoms with Gasteiger partial charge < -0.3 is 4.90 Å². The Kier molecular flexibility index (Phi) is 3.42. The molecule has 2 aromatic heterocycles. The molecule has 3 rings (SSSR count). The van der Waals surface area contributed by atoms with Crippen LogP contribution >= 0.6 is 15.9 Å². The van der Waals surface area contributed by atoms with Gasteiger partial charge in [0, 0.05) is 18.9 Å². The number of hydrogen-bond donors (Lipinski definition) is 0. The molecule has 3 aromatic rings. The third kappa shape index (κ3) is 2.52. The van der Waals surface area contributed by atoms with Crippen molar-refractivity contribution in [2.75, 3.05) is 11.9 Å². The number of carbonyl (C=O) groups is 1. The number of fused-ring (bicyclic) bond motifs is 1. The van der Waals surface area contributed by atoms with Gasteiger partial charge in [-0.25, -0.2) is 14.4 Å². The third-order valence-electron chi connectivity index (χ3n) is 3.09. The largest absolute Gasteiger partial charge is 0.310 e. The van der Waals surface area contributed by atoms with Crippen molar-refractivity contribution in [2.45, 2.75) is 0 Å². The van der Waals surface area contributed by atoms with Crippen LogP contribution in [0.2, 0.25) is 0 Å². The maximum absolute atomic E-state index is 12.9. The minimum Gasteiger partial charge on any atom is -0.310 e. The molecule has 0 atom stereocenters. The molecule has 0 fully saturated rings. The first-order valence-electron chi connectivity index (χ1n) is 6.08. The molecule has 0 radical (unpaired) electrons. The fourth-order valence-electron chi connectivity index (χ4n) is 1.92. The molecule has 0 aliphatic carbocycles. The summed E-state index contributed by atoms with van der Waals surface area (Å²) in [5, 5.41) is 0. The molecule has 5 nitrogen and oxygen atoms in total. The van der Waals surface area contributed by atoms with E-state index in [1.165, 1.54) is 23.2 Å². The number of nitrogens with zero attached hydrogens (tertiary/aromatic N) is 4. The maximum Gasteiger partial charge on any atom is 0.278 e. The Morgan fingerprint density at radius 2 is 1.95 bits per heavy atom. The minimum absolute atomic E-state index is 0.271. The SMILES string of the molecule is CN(C(=O)c1cn2c(Br)cnc2cn1)c1ccc(F)cc1. The van der Waals surface area contributed by atoms with Crippen molar-refractivity contribution in [2.24, 2.45) is 0 Å². The molecular weight excluding hydrogens is 339 g/mol. The fourth-order valence-corrected chi connectivity index (χ4v) is 2.31. The number of benzene rings is 1. The molecule has 0 saturated carbocycles. The number of amides is 1. The first-order valence-corrected chi connectivity index (χ1v) is 6.88. The predicted octanol–water partition coefficient (Wildman–Crippen LogP) is 2.91. The highest BCUT2D eigenvalue weighted by molar-refractivity contribution is 9.10. The summed E-state index contributed by atoms with van der Waals surface area (Å²) in [5.74, 6) is -0.634. The second kappa shape index (κ2) is 5.25. The predicted molar refractivity (Wildman–Crippen MR) is 79.8 cm³/mol. The van der Waals surface area contributed by atoms with Crippen LogP contribution in [0.5, 0.6) is 0 Å². The van der Waals surface area contributed by atoms with E-state index in [1.54, 1.807) is 36.0 Å². The van der Waals surface area contributed by atoms with Gasteiger partial charge in [-0.1, -0.05) is 0 Å². The number of imidazole rings is 1. The Morgan fingerprint density at radius 1 is 1.24 bits per heavy atom. The zero-order valence-corrected chi connectivity index (χ0v) is 12.6. The molecule has 2 heterocycles. The van der Waals surface area contributed by atoms with E-state index >= 15 is 0 Å². The van der Waals surface area contributed by atoms with Gasteiger partial charge in [0.2, 0.25) is 0 Å². The molecule has 0 N–H and O–H groups in total. The van der Waals surface area contributed by atoms with Crippen molar-refractivity contribution in [3.8, 4) is 0 Å². The van der Waals surface area contributed by atoms with Gasteiger partial charge in [0.1, 0.15) is 16.1 Å². The summed E-state index contributed by atoms with van der Waals surface area (Å²) in [4.78, 5) is 22.1. The normalized spacial score (nSPS) is 10.8. The molecule has 106 valence electrons. The third-order valence-corrected chi connectivity index (χ3v) is 3.68. The molecule has 1 amide bonds. The van der Waals surface area contributed by atoms with Gasteiger partial charge in [0.05, 0.1) is 12.4 Å². The van der Waals surface area contributed by atoms with Crippen LogP contribution in [-0.2, 0) is 0 Å². The van der Waals surface area contributed by atoms with Crippen LogP contribution in [0.3, 0.4) is 0 Å². The molecule has 0 spiro atoms. The van der Waals surface area contributed by atoms with E-state index in [9.17, 15) is 9.18 Å². The van der Waals surface area contributed by atoms with Crippen LogP contribution < -0.4 is 4.90 Å². The van der Waals surface area contributed by atoms with E-state index < -0.39 is 0 Å². The van der Waals surface area contributed by atoms with E-state index in [2.05, 4.69) is 25.9 Å². The number of rotatable bonds is 2.